The molecule has 0 heterocycles. The average molecular weight is 222 g/mol. The lowest BCUT2D eigenvalue weighted by molar-refractivity contribution is -0.136. The fraction of sp³-hybridized carbons (Fsp3) is 0.462. The fourth-order valence-electron chi connectivity index (χ4n) is 1.65. The lowest BCUT2D eigenvalue weighted by atomic mass is 9.96. The Bertz CT molecular complexity index is 364. The maximum Gasteiger partial charge on any atom is 0.303 e. The Hall–Kier alpha value is -1.35. The zero-order valence-corrected chi connectivity index (χ0v) is 9.73. The summed E-state index contributed by atoms with van der Waals surface area (Å²) in [5.41, 5.74) is 1.31. The molecule has 0 aliphatic carbocycles. The molecule has 0 unspecified atom stereocenters. The highest BCUT2D eigenvalue weighted by molar-refractivity contribution is 5.67. The molecule has 1 aromatic carbocycles. The first-order valence-electron chi connectivity index (χ1n) is 5.39. The number of hydrogen-bond donors (Lipinski definition) is 2. The third kappa shape index (κ3) is 4.94. The van der Waals surface area contributed by atoms with Crippen LogP contribution in [0.4, 0.5) is 0 Å². The molecule has 2 N–H and O–H groups in total. The van der Waals surface area contributed by atoms with Crippen LogP contribution in [0.15, 0.2) is 24.3 Å². The van der Waals surface area contributed by atoms with E-state index in [2.05, 4.69) is 0 Å². The van der Waals surface area contributed by atoms with E-state index >= 15 is 0 Å². The van der Waals surface area contributed by atoms with E-state index < -0.39 is 11.6 Å². The predicted octanol–water partition coefficient (Wildman–Crippen LogP) is 2.02. The molecule has 0 saturated carbocycles. The summed E-state index contributed by atoms with van der Waals surface area (Å²) in [4.78, 5) is 10.4. The van der Waals surface area contributed by atoms with E-state index in [1.165, 1.54) is 0 Å². The second kappa shape index (κ2) is 5.12. The van der Waals surface area contributed by atoms with Crippen molar-refractivity contribution in [2.45, 2.75) is 38.7 Å². The number of hydrogen-bond acceptors (Lipinski definition) is 2. The van der Waals surface area contributed by atoms with E-state index in [-0.39, 0.29) is 6.42 Å². The van der Waals surface area contributed by atoms with Gasteiger partial charge in [-0.1, -0.05) is 24.3 Å². The summed E-state index contributed by atoms with van der Waals surface area (Å²) in [5.74, 6) is -0.784. The van der Waals surface area contributed by atoms with Crippen LogP contribution in [0, 0.1) is 0 Å². The first-order chi connectivity index (χ1) is 7.37. The van der Waals surface area contributed by atoms with Crippen molar-refractivity contribution in [3.05, 3.63) is 35.4 Å². The maximum absolute atomic E-state index is 10.4. The van der Waals surface area contributed by atoms with Gasteiger partial charge >= 0.3 is 5.97 Å². The predicted molar refractivity (Wildman–Crippen MR) is 62.4 cm³/mol. The SMILES string of the molecule is CC(C)(O)Cc1cccc(CCC(=O)O)c1. The lowest BCUT2D eigenvalue weighted by Gasteiger charge is -2.17. The van der Waals surface area contributed by atoms with E-state index in [0.717, 1.165) is 11.1 Å². The first kappa shape index (κ1) is 12.7. The molecule has 0 radical (unpaired) electrons. The first-order valence-corrected chi connectivity index (χ1v) is 5.39. The number of aliphatic carboxylic acids is 1. The van der Waals surface area contributed by atoms with Crippen LogP contribution < -0.4 is 0 Å². The summed E-state index contributed by atoms with van der Waals surface area (Å²) >= 11 is 0. The maximum atomic E-state index is 10.4. The lowest BCUT2D eigenvalue weighted by Crippen LogP contribution is -2.21. The van der Waals surface area contributed by atoms with Crippen LogP contribution in [0.5, 0.6) is 0 Å². The minimum atomic E-state index is -0.784. The average Bonchev–Trinajstić information content (AvgIpc) is 2.12. The molecule has 1 rings (SSSR count). The van der Waals surface area contributed by atoms with Crippen LogP contribution in [0.25, 0.3) is 0 Å². The Labute approximate surface area is 95.7 Å². The molecule has 16 heavy (non-hydrogen) atoms. The van der Waals surface area contributed by atoms with Crippen molar-refractivity contribution in [3.8, 4) is 0 Å². The van der Waals surface area contributed by atoms with Crippen molar-refractivity contribution >= 4 is 5.97 Å². The molecule has 0 atom stereocenters. The van der Waals surface area contributed by atoms with Gasteiger partial charge < -0.3 is 10.2 Å². The molecule has 0 bridgehead atoms. The number of aliphatic hydroxyl groups is 1. The Balaban J connectivity index is 2.67. The van der Waals surface area contributed by atoms with Crippen LogP contribution in [-0.2, 0) is 17.6 Å². The van der Waals surface area contributed by atoms with Gasteiger partial charge in [0.15, 0.2) is 0 Å². The van der Waals surface area contributed by atoms with Crippen LogP contribution >= 0.6 is 0 Å². The molecule has 0 saturated heterocycles. The van der Waals surface area contributed by atoms with Gasteiger partial charge in [0.2, 0.25) is 0 Å². The number of rotatable bonds is 5. The van der Waals surface area contributed by atoms with Gasteiger partial charge in [-0.05, 0) is 31.4 Å². The van der Waals surface area contributed by atoms with Gasteiger partial charge in [-0.2, -0.15) is 0 Å². The van der Waals surface area contributed by atoms with Crippen LogP contribution in [-0.4, -0.2) is 21.8 Å². The summed E-state index contributed by atoms with van der Waals surface area (Å²) in [5, 5.41) is 18.3. The Morgan fingerprint density at radius 1 is 1.31 bits per heavy atom. The molecule has 3 nitrogen and oxygen atoms in total. The number of carbonyl (C=O) groups is 1. The molecule has 0 amide bonds. The normalized spacial score (nSPS) is 11.4. The van der Waals surface area contributed by atoms with Gasteiger partial charge in [0.1, 0.15) is 0 Å². The van der Waals surface area contributed by atoms with Crippen molar-refractivity contribution in [1.29, 1.82) is 0 Å². The van der Waals surface area contributed by atoms with Crippen molar-refractivity contribution in [1.82, 2.24) is 0 Å². The number of aryl methyl sites for hydroxylation is 1. The molecule has 0 aromatic heterocycles. The molecule has 0 aliphatic rings. The van der Waals surface area contributed by atoms with Gasteiger partial charge in [0.05, 0.1) is 5.60 Å². The second-order valence-electron chi connectivity index (χ2n) is 4.70. The van der Waals surface area contributed by atoms with E-state index in [1.807, 2.05) is 24.3 Å². The van der Waals surface area contributed by atoms with E-state index in [9.17, 15) is 9.90 Å². The molecular formula is C13H18O3. The highest BCUT2D eigenvalue weighted by Crippen LogP contribution is 2.14. The van der Waals surface area contributed by atoms with Crippen molar-refractivity contribution < 1.29 is 15.0 Å². The monoisotopic (exact) mass is 222 g/mol. The van der Waals surface area contributed by atoms with E-state index in [4.69, 9.17) is 5.11 Å². The zero-order chi connectivity index (χ0) is 12.2. The van der Waals surface area contributed by atoms with Gasteiger partial charge in [-0.25, -0.2) is 0 Å². The third-order valence-corrected chi connectivity index (χ3v) is 2.26. The third-order valence-electron chi connectivity index (χ3n) is 2.26. The highest BCUT2D eigenvalue weighted by Gasteiger charge is 2.13. The highest BCUT2D eigenvalue weighted by atomic mass is 16.4. The Kier molecular flexibility index (Phi) is 4.07. The quantitative estimate of drug-likeness (QED) is 0.801. The summed E-state index contributed by atoms with van der Waals surface area (Å²) in [6.45, 7) is 3.52. The van der Waals surface area contributed by atoms with Crippen molar-refractivity contribution in [2.75, 3.05) is 0 Å². The molecule has 0 spiro atoms. The minimum absolute atomic E-state index is 0.145. The molecule has 0 aliphatic heterocycles. The molecule has 3 heteroatoms. The molecular weight excluding hydrogens is 204 g/mol. The second-order valence-corrected chi connectivity index (χ2v) is 4.70. The minimum Gasteiger partial charge on any atom is -0.481 e. The summed E-state index contributed by atoms with van der Waals surface area (Å²) in [7, 11) is 0. The summed E-state index contributed by atoms with van der Waals surface area (Å²) in [6.07, 6.45) is 1.26. The van der Waals surface area contributed by atoms with Crippen LogP contribution in [0.3, 0.4) is 0 Å². The smallest absolute Gasteiger partial charge is 0.303 e. The number of carboxylic acid groups (broad SMARTS) is 1. The fourth-order valence-corrected chi connectivity index (χ4v) is 1.65. The Morgan fingerprint density at radius 2 is 1.94 bits per heavy atom. The topological polar surface area (TPSA) is 57.5 Å². The molecule has 0 fully saturated rings. The van der Waals surface area contributed by atoms with Gasteiger partial charge in [0.25, 0.3) is 0 Å². The van der Waals surface area contributed by atoms with Crippen molar-refractivity contribution in [2.24, 2.45) is 0 Å². The van der Waals surface area contributed by atoms with Crippen LogP contribution in [0.1, 0.15) is 31.4 Å². The van der Waals surface area contributed by atoms with E-state index in [0.29, 0.717) is 12.8 Å². The summed E-state index contributed by atoms with van der Waals surface area (Å²) < 4.78 is 0. The number of benzene rings is 1. The Morgan fingerprint density at radius 3 is 2.50 bits per heavy atom. The summed E-state index contributed by atoms with van der Waals surface area (Å²) in [6, 6.07) is 7.72. The van der Waals surface area contributed by atoms with Gasteiger partial charge in [-0.3, -0.25) is 4.79 Å². The zero-order valence-electron chi connectivity index (χ0n) is 9.73. The molecule has 1 aromatic rings. The van der Waals surface area contributed by atoms with E-state index in [1.54, 1.807) is 13.8 Å². The largest absolute Gasteiger partial charge is 0.481 e. The van der Waals surface area contributed by atoms with Crippen molar-refractivity contribution in [3.63, 3.8) is 0 Å². The van der Waals surface area contributed by atoms with Gasteiger partial charge in [0, 0.05) is 12.8 Å². The van der Waals surface area contributed by atoms with Gasteiger partial charge in [-0.15, -0.1) is 0 Å². The van der Waals surface area contributed by atoms with Crippen LogP contribution in [0.2, 0.25) is 0 Å². The molecule has 88 valence electrons. The number of carboxylic acids is 1. The standard InChI is InChI=1S/C13H18O3/c1-13(2,16)9-11-5-3-4-10(8-11)6-7-12(14)15/h3-5,8,16H,6-7,9H2,1-2H3,(H,14,15).